The molecule has 1 aromatic heterocycles. The normalized spacial score (nSPS) is 11.4. The lowest BCUT2D eigenvalue weighted by Crippen LogP contribution is -2.28. The second-order valence-electron chi connectivity index (χ2n) is 6.89. The number of benzene rings is 2. The van der Waals surface area contributed by atoms with Gasteiger partial charge in [-0.2, -0.15) is 4.68 Å². The Morgan fingerprint density at radius 3 is 2.55 bits per heavy atom. The van der Waals surface area contributed by atoms with E-state index in [1.165, 1.54) is 40.7 Å². The van der Waals surface area contributed by atoms with Gasteiger partial charge in [-0.15, -0.1) is 5.10 Å². The number of tetrazole rings is 1. The topological polar surface area (TPSA) is 98.0 Å². The summed E-state index contributed by atoms with van der Waals surface area (Å²) in [7, 11) is 0. The Hall–Kier alpha value is -3.07. The molecular formula is C20H19FN4O3S. The van der Waals surface area contributed by atoms with E-state index in [0.29, 0.717) is 17.3 Å². The molecule has 7 nitrogen and oxygen atoms in total. The smallest absolute Gasteiger partial charge is 0.335 e. The number of aryl methyl sites for hydroxylation is 1. The van der Waals surface area contributed by atoms with E-state index in [9.17, 15) is 14.0 Å². The number of ketones is 1. The fourth-order valence-electron chi connectivity index (χ4n) is 2.69. The van der Waals surface area contributed by atoms with Crippen LogP contribution in [0.1, 0.15) is 36.2 Å². The molecule has 2 aromatic carbocycles. The first kappa shape index (κ1) is 20.7. The molecule has 1 N–H and O–H groups in total. The van der Waals surface area contributed by atoms with Crippen LogP contribution >= 0.6 is 11.8 Å². The molecular weight excluding hydrogens is 395 g/mol. The van der Waals surface area contributed by atoms with Gasteiger partial charge in [0, 0.05) is 6.42 Å². The molecule has 0 aliphatic rings. The molecule has 0 spiro atoms. The molecule has 0 bridgehead atoms. The van der Waals surface area contributed by atoms with Gasteiger partial charge in [0.1, 0.15) is 11.6 Å². The first-order chi connectivity index (χ1) is 13.8. The molecule has 3 rings (SSSR count). The minimum absolute atomic E-state index is 0.0115. The highest BCUT2D eigenvalue weighted by Gasteiger charge is 2.31. The van der Waals surface area contributed by atoms with E-state index in [-0.39, 0.29) is 23.6 Å². The zero-order valence-corrected chi connectivity index (χ0v) is 16.7. The van der Waals surface area contributed by atoms with Crippen molar-refractivity contribution in [2.45, 2.75) is 36.6 Å². The van der Waals surface area contributed by atoms with E-state index < -0.39 is 10.7 Å². The molecule has 0 fully saturated rings. The van der Waals surface area contributed by atoms with Crippen molar-refractivity contribution in [3.8, 4) is 5.69 Å². The number of hydrogen-bond acceptors (Lipinski definition) is 6. The number of aromatic carboxylic acids is 1. The van der Waals surface area contributed by atoms with Crippen LogP contribution in [-0.4, -0.2) is 41.8 Å². The van der Waals surface area contributed by atoms with E-state index in [1.54, 1.807) is 38.1 Å². The maximum Gasteiger partial charge on any atom is 0.335 e. The maximum atomic E-state index is 13.3. The molecule has 150 valence electrons. The molecule has 1 heterocycles. The number of rotatable bonds is 8. The molecule has 0 saturated carbocycles. The summed E-state index contributed by atoms with van der Waals surface area (Å²) in [5.41, 5.74) is 1.51. The van der Waals surface area contributed by atoms with Gasteiger partial charge in [-0.3, -0.25) is 4.79 Å². The van der Waals surface area contributed by atoms with Crippen molar-refractivity contribution >= 4 is 23.5 Å². The highest BCUT2D eigenvalue weighted by atomic mass is 32.2. The Kier molecular flexibility index (Phi) is 6.07. The first-order valence-corrected chi connectivity index (χ1v) is 9.67. The Morgan fingerprint density at radius 1 is 1.17 bits per heavy atom. The lowest BCUT2D eigenvalue weighted by molar-refractivity contribution is -0.120. The van der Waals surface area contributed by atoms with Gasteiger partial charge in [0.05, 0.1) is 16.0 Å². The van der Waals surface area contributed by atoms with Gasteiger partial charge in [-0.25, -0.2) is 9.18 Å². The number of nitrogens with zero attached hydrogens (tertiary/aromatic N) is 4. The fourth-order valence-corrected chi connectivity index (χ4v) is 3.66. The van der Waals surface area contributed by atoms with Gasteiger partial charge >= 0.3 is 5.97 Å². The molecule has 0 unspecified atom stereocenters. The second kappa shape index (κ2) is 8.52. The number of aromatic nitrogens is 4. The van der Waals surface area contributed by atoms with E-state index in [2.05, 4.69) is 15.5 Å². The Bertz CT molecular complexity index is 1030. The fraction of sp³-hybridized carbons (Fsp3) is 0.250. The molecule has 0 amide bonds. The van der Waals surface area contributed by atoms with Crippen molar-refractivity contribution in [1.29, 1.82) is 0 Å². The van der Waals surface area contributed by atoms with Crippen LogP contribution in [0.5, 0.6) is 0 Å². The van der Waals surface area contributed by atoms with E-state index in [4.69, 9.17) is 5.11 Å². The zero-order chi connectivity index (χ0) is 21.0. The van der Waals surface area contributed by atoms with Gasteiger partial charge in [0.25, 0.3) is 0 Å². The van der Waals surface area contributed by atoms with Gasteiger partial charge in [-0.1, -0.05) is 23.9 Å². The highest BCUT2D eigenvalue weighted by Crippen LogP contribution is 2.33. The third-order valence-corrected chi connectivity index (χ3v) is 5.52. The van der Waals surface area contributed by atoms with Crippen LogP contribution in [-0.2, 0) is 11.2 Å². The Morgan fingerprint density at radius 2 is 1.90 bits per heavy atom. The minimum atomic E-state index is -1.02. The third kappa shape index (κ3) is 5.05. The van der Waals surface area contributed by atoms with Gasteiger partial charge in [-0.05, 0) is 72.7 Å². The number of carboxylic acid groups (broad SMARTS) is 1. The predicted octanol–water partition coefficient (Wildman–Crippen LogP) is 3.57. The number of halogens is 1. The Balaban J connectivity index is 1.71. The summed E-state index contributed by atoms with van der Waals surface area (Å²) < 4.78 is 14.0. The van der Waals surface area contributed by atoms with Crippen LogP contribution in [0, 0.1) is 5.82 Å². The standard InChI is InChI=1S/C20H19FN4O3S/c1-20(2,17(26)11-6-13-4-3-5-15(21)12-13)29-19-22-23-24-25(19)16-9-7-14(8-10-16)18(27)28/h3-5,7-10,12H,6,11H2,1-2H3,(H,27,28). The molecule has 9 heteroatoms. The van der Waals surface area contributed by atoms with Crippen molar-refractivity contribution in [2.75, 3.05) is 0 Å². The number of carbonyl (C=O) groups excluding carboxylic acids is 1. The van der Waals surface area contributed by atoms with Crippen LogP contribution < -0.4 is 0 Å². The van der Waals surface area contributed by atoms with Crippen molar-refractivity contribution in [1.82, 2.24) is 20.2 Å². The summed E-state index contributed by atoms with van der Waals surface area (Å²) in [6.45, 7) is 3.58. The molecule has 0 aliphatic heterocycles. The van der Waals surface area contributed by atoms with Crippen LogP contribution in [0.3, 0.4) is 0 Å². The second-order valence-corrected chi connectivity index (χ2v) is 8.48. The first-order valence-electron chi connectivity index (χ1n) is 8.85. The largest absolute Gasteiger partial charge is 0.478 e. The van der Waals surface area contributed by atoms with Gasteiger partial charge in [0.2, 0.25) is 5.16 Å². The third-order valence-electron chi connectivity index (χ3n) is 4.35. The zero-order valence-electron chi connectivity index (χ0n) is 15.9. The number of thioether (sulfide) groups is 1. The summed E-state index contributed by atoms with van der Waals surface area (Å²) in [6.07, 6.45) is 0.709. The van der Waals surface area contributed by atoms with E-state index in [1.807, 2.05) is 0 Å². The molecule has 0 aliphatic carbocycles. The average molecular weight is 414 g/mol. The molecule has 0 radical (unpaired) electrons. The van der Waals surface area contributed by atoms with Crippen LogP contribution in [0.4, 0.5) is 4.39 Å². The van der Waals surface area contributed by atoms with Gasteiger partial charge < -0.3 is 5.11 Å². The minimum Gasteiger partial charge on any atom is -0.478 e. The maximum absolute atomic E-state index is 13.3. The van der Waals surface area contributed by atoms with Gasteiger partial charge in [0.15, 0.2) is 0 Å². The average Bonchev–Trinajstić information content (AvgIpc) is 3.13. The summed E-state index contributed by atoms with van der Waals surface area (Å²) in [5.74, 6) is -1.35. The monoisotopic (exact) mass is 414 g/mol. The van der Waals surface area contributed by atoms with Crippen molar-refractivity contribution in [3.05, 3.63) is 65.5 Å². The highest BCUT2D eigenvalue weighted by molar-refractivity contribution is 8.01. The van der Waals surface area contributed by atoms with Crippen molar-refractivity contribution < 1.29 is 19.1 Å². The van der Waals surface area contributed by atoms with Crippen LogP contribution in [0.15, 0.2) is 53.7 Å². The van der Waals surface area contributed by atoms with E-state index in [0.717, 1.165) is 5.56 Å². The number of Topliss-reactive ketones (excluding diaryl/α,β-unsaturated/α-hetero) is 1. The number of carbonyl (C=O) groups is 2. The number of hydrogen-bond donors (Lipinski definition) is 1. The lowest BCUT2D eigenvalue weighted by Gasteiger charge is -2.21. The van der Waals surface area contributed by atoms with E-state index >= 15 is 0 Å². The lowest BCUT2D eigenvalue weighted by atomic mass is 10.0. The van der Waals surface area contributed by atoms with Crippen molar-refractivity contribution in [2.24, 2.45) is 0 Å². The summed E-state index contributed by atoms with van der Waals surface area (Å²) in [4.78, 5) is 23.8. The molecule has 0 atom stereocenters. The SMILES string of the molecule is CC(C)(Sc1nnnn1-c1ccc(C(=O)O)cc1)C(=O)CCc1cccc(F)c1. The molecule has 29 heavy (non-hydrogen) atoms. The number of carboxylic acids is 1. The molecule has 3 aromatic rings. The summed E-state index contributed by atoms with van der Waals surface area (Å²) >= 11 is 1.22. The summed E-state index contributed by atoms with van der Waals surface area (Å²) in [6, 6.07) is 12.3. The van der Waals surface area contributed by atoms with Crippen LogP contribution in [0.2, 0.25) is 0 Å². The summed E-state index contributed by atoms with van der Waals surface area (Å²) in [5, 5.41) is 21.0. The van der Waals surface area contributed by atoms with Crippen molar-refractivity contribution in [3.63, 3.8) is 0 Å². The quantitative estimate of drug-likeness (QED) is 0.563. The molecule has 0 saturated heterocycles. The Labute approximate surface area is 170 Å². The predicted molar refractivity (Wildman–Crippen MR) is 106 cm³/mol. The van der Waals surface area contributed by atoms with Crippen LogP contribution in [0.25, 0.3) is 5.69 Å².